The maximum atomic E-state index is 13.8. The lowest BCUT2D eigenvalue weighted by Crippen LogP contribution is -2.41. The van der Waals surface area contributed by atoms with Crippen molar-refractivity contribution in [3.8, 4) is 17.3 Å². The zero-order valence-electron chi connectivity index (χ0n) is 27.5. The third-order valence-corrected chi connectivity index (χ3v) is 10.3. The van der Waals surface area contributed by atoms with E-state index in [9.17, 15) is 9.59 Å². The van der Waals surface area contributed by atoms with Gasteiger partial charge in [0.1, 0.15) is 16.9 Å². The van der Waals surface area contributed by atoms with Crippen LogP contribution in [0.2, 0.25) is 0 Å². The smallest absolute Gasteiger partial charge is 0.254 e. The fourth-order valence-electron chi connectivity index (χ4n) is 7.62. The fraction of sp³-hybridized carbons (Fsp3) is 0.543. The molecule has 3 aliphatic rings. The maximum absolute atomic E-state index is 13.8. The lowest BCUT2D eigenvalue weighted by Gasteiger charge is -2.25. The number of pyridine rings is 1. The molecule has 0 saturated carbocycles. The van der Waals surface area contributed by atoms with E-state index in [0.717, 1.165) is 78.8 Å². The molecule has 244 valence electrons. The summed E-state index contributed by atoms with van der Waals surface area (Å²) in [6.45, 7) is 7.53. The summed E-state index contributed by atoms with van der Waals surface area (Å²) in [6, 6.07) is 9.98. The summed E-state index contributed by atoms with van der Waals surface area (Å²) in [6.07, 6.45) is 5.65. The number of carbonyl (C=O) groups is 2. The molecule has 11 nitrogen and oxygen atoms in total. The molecule has 7 rings (SSSR count). The molecule has 6 heterocycles. The van der Waals surface area contributed by atoms with Crippen LogP contribution in [-0.2, 0) is 23.1 Å². The number of fused-ring (bicyclic) bond motifs is 4. The minimum Gasteiger partial charge on any atom is -0.494 e. The number of ether oxygens (including phenoxy) is 2. The van der Waals surface area contributed by atoms with Crippen molar-refractivity contribution in [3.05, 3.63) is 41.6 Å². The van der Waals surface area contributed by atoms with Gasteiger partial charge in [-0.1, -0.05) is 0 Å². The molecule has 11 heteroatoms. The molecular formula is C35H45N7O4. The van der Waals surface area contributed by atoms with E-state index >= 15 is 0 Å². The van der Waals surface area contributed by atoms with Crippen LogP contribution >= 0.6 is 0 Å². The lowest BCUT2D eigenvalue weighted by molar-refractivity contribution is -0.133. The Balaban J connectivity index is 1.30. The monoisotopic (exact) mass is 627 g/mol. The molecular weight excluding hydrogens is 582 g/mol. The highest BCUT2D eigenvalue weighted by atomic mass is 16.5. The van der Waals surface area contributed by atoms with Gasteiger partial charge in [-0.3, -0.25) is 9.59 Å². The Hall–Kier alpha value is -3.96. The molecule has 0 radical (unpaired) electrons. The van der Waals surface area contributed by atoms with E-state index in [1.165, 1.54) is 0 Å². The quantitative estimate of drug-likeness (QED) is 0.337. The van der Waals surface area contributed by atoms with E-state index in [1.807, 2.05) is 55.5 Å². The van der Waals surface area contributed by atoms with Crippen molar-refractivity contribution in [3.63, 3.8) is 0 Å². The van der Waals surface area contributed by atoms with E-state index in [-0.39, 0.29) is 36.0 Å². The second kappa shape index (κ2) is 11.7. The summed E-state index contributed by atoms with van der Waals surface area (Å²) in [5.74, 6) is 1.32. The Morgan fingerprint density at radius 1 is 1.13 bits per heavy atom. The van der Waals surface area contributed by atoms with Crippen LogP contribution in [0.25, 0.3) is 33.6 Å². The van der Waals surface area contributed by atoms with E-state index < -0.39 is 5.41 Å². The molecule has 1 aromatic carbocycles. The molecule has 3 N–H and O–H groups in total. The first-order chi connectivity index (χ1) is 22.1. The van der Waals surface area contributed by atoms with Gasteiger partial charge in [-0.15, -0.1) is 0 Å². The van der Waals surface area contributed by atoms with Crippen LogP contribution in [0.5, 0.6) is 5.75 Å². The number of carbonyl (C=O) groups excluding carboxylic acids is 2. The predicted octanol–water partition coefficient (Wildman–Crippen LogP) is 4.71. The molecule has 0 unspecified atom stereocenters. The SMILES string of the molecule is COc1cc(C(=O)N2[C@H]3CC[C@@H]2[C@H](N)C3)cc2nc(-c3cc4ccc5nc4n3CCCCCOCC(C)(C)C(=O)N[C@@H]5C)n(C)c12. The summed E-state index contributed by atoms with van der Waals surface area (Å²) in [5, 5.41) is 4.15. The Bertz CT molecular complexity index is 1820. The van der Waals surface area contributed by atoms with Gasteiger partial charge in [-0.05, 0) is 89.6 Å². The third kappa shape index (κ3) is 5.13. The van der Waals surface area contributed by atoms with Crippen molar-refractivity contribution in [1.29, 1.82) is 0 Å². The van der Waals surface area contributed by atoms with Crippen molar-refractivity contribution in [2.24, 2.45) is 18.2 Å². The Labute approximate surface area is 269 Å². The Morgan fingerprint density at radius 2 is 1.96 bits per heavy atom. The molecule has 2 amide bonds. The van der Waals surface area contributed by atoms with Crippen molar-refractivity contribution < 1.29 is 19.1 Å². The van der Waals surface area contributed by atoms with Crippen LogP contribution in [-0.4, -0.2) is 74.3 Å². The molecule has 0 aliphatic carbocycles. The first-order valence-electron chi connectivity index (χ1n) is 16.6. The minimum atomic E-state index is -0.640. The van der Waals surface area contributed by atoms with Gasteiger partial charge in [0.25, 0.3) is 5.91 Å². The molecule has 4 atom stereocenters. The van der Waals surface area contributed by atoms with Gasteiger partial charge in [0.15, 0.2) is 5.82 Å². The van der Waals surface area contributed by atoms with Crippen LogP contribution in [0.1, 0.15) is 81.4 Å². The average molecular weight is 628 g/mol. The highest BCUT2D eigenvalue weighted by molar-refractivity contribution is 6.00. The molecule has 46 heavy (non-hydrogen) atoms. The third-order valence-electron chi connectivity index (χ3n) is 10.3. The summed E-state index contributed by atoms with van der Waals surface area (Å²) in [5.41, 5.74) is 10.4. The van der Waals surface area contributed by atoms with Crippen LogP contribution in [0.15, 0.2) is 30.3 Å². The number of methoxy groups -OCH3 is 1. The van der Waals surface area contributed by atoms with Crippen LogP contribution in [0.4, 0.5) is 0 Å². The highest BCUT2D eigenvalue weighted by Gasteiger charge is 2.47. The summed E-state index contributed by atoms with van der Waals surface area (Å²) < 4.78 is 16.1. The van der Waals surface area contributed by atoms with Gasteiger partial charge in [0.2, 0.25) is 5.91 Å². The van der Waals surface area contributed by atoms with Crippen molar-refractivity contribution in [1.82, 2.24) is 29.3 Å². The van der Waals surface area contributed by atoms with Crippen molar-refractivity contribution in [2.45, 2.75) is 90.0 Å². The minimum absolute atomic E-state index is 0.00349. The summed E-state index contributed by atoms with van der Waals surface area (Å²) in [7, 11) is 3.62. The predicted molar refractivity (Wildman–Crippen MR) is 177 cm³/mol. The van der Waals surface area contributed by atoms with Gasteiger partial charge in [0.05, 0.1) is 42.1 Å². The number of nitrogens with zero attached hydrogens (tertiary/aromatic N) is 5. The Kier molecular flexibility index (Phi) is 7.79. The number of benzene rings is 1. The molecule has 3 aliphatic heterocycles. The average Bonchev–Trinajstić information content (AvgIpc) is 3.78. The van der Waals surface area contributed by atoms with Crippen molar-refractivity contribution in [2.75, 3.05) is 20.3 Å². The maximum Gasteiger partial charge on any atom is 0.254 e. The topological polar surface area (TPSA) is 130 Å². The second-order valence-electron chi connectivity index (χ2n) is 14.0. The highest BCUT2D eigenvalue weighted by Crippen LogP contribution is 2.40. The largest absolute Gasteiger partial charge is 0.494 e. The zero-order valence-corrected chi connectivity index (χ0v) is 27.5. The van der Waals surface area contributed by atoms with Gasteiger partial charge >= 0.3 is 0 Å². The van der Waals surface area contributed by atoms with Crippen LogP contribution < -0.4 is 15.8 Å². The van der Waals surface area contributed by atoms with Crippen LogP contribution in [0.3, 0.4) is 0 Å². The van der Waals surface area contributed by atoms with E-state index in [4.69, 9.17) is 25.2 Å². The number of rotatable bonds is 3. The zero-order chi connectivity index (χ0) is 32.3. The van der Waals surface area contributed by atoms with Gasteiger partial charge in [-0.2, -0.15) is 0 Å². The Morgan fingerprint density at radius 3 is 2.70 bits per heavy atom. The van der Waals surface area contributed by atoms with E-state index in [2.05, 4.69) is 22.0 Å². The van der Waals surface area contributed by atoms with Gasteiger partial charge in [0, 0.05) is 49.3 Å². The summed E-state index contributed by atoms with van der Waals surface area (Å²) >= 11 is 0. The normalized spacial score (nSPS) is 25.2. The molecule has 4 aromatic rings. The number of nitrogens with one attached hydrogen (secondary N) is 1. The molecule has 0 spiro atoms. The standard InChI is InChI=1S/C35H45N7O4/c1-20-25-11-9-21-16-28(41(31(21)38-25)13-7-6-8-14-46-19-35(2,3)34(44)37-20)32-39-26-15-22(17-29(45-5)30(26)40(32)4)33(43)42-23-10-12-27(42)24(36)18-23/h9,11,15-17,20,23-24,27H,6-8,10,12-14,18-19,36H2,1-5H3,(H,37,44)/t20-,23+,24-,27-/m1/s1. The number of hydrogen-bond donors (Lipinski definition) is 2. The van der Waals surface area contributed by atoms with Crippen LogP contribution in [0, 0.1) is 5.41 Å². The van der Waals surface area contributed by atoms with Crippen molar-refractivity contribution >= 4 is 33.9 Å². The number of hydrogen-bond acceptors (Lipinski definition) is 7. The molecule has 4 bridgehead atoms. The number of imidazole rings is 1. The molecule has 2 fully saturated rings. The number of amides is 2. The first-order valence-corrected chi connectivity index (χ1v) is 16.6. The molecule has 2 saturated heterocycles. The fourth-order valence-corrected chi connectivity index (χ4v) is 7.62. The van der Waals surface area contributed by atoms with E-state index in [0.29, 0.717) is 30.0 Å². The number of aryl methyl sites for hydroxylation is 2. The number of aromatic nitrogens is 4. The second-order valence-corrected chi connectivity index (χ2v) is 14.0. The van der Waals surface area contributed by atoms with Gasteiger partial charge < -0.3 is 34.6 Å². The number of nitrogens with two attached hydrogens (primary N) is 1. The first kappa shape index (κ1) is 30.7. The van der Waals surface area contributed by atoms with E-state index in [1.54, 1.807) is 7.11 Å². The molecule has 3 aromatic heterocycles. The van der Waals surface area contributed by atoms with Gasteiger partial charge in [-0.25, -0.2) is 9.97 Å². The summed E-state index contributed by atoms with van der Waals surface area (Å²) in [4.78, 5) is 39.2. The lowest BCUT2D eigenvalue weighted by atomic mass is 9.93.